The topological polar surface area (TPSA) is 65.2 Å². The van der Waals surface area contributed by atoms with Gasteiger partial charge >= 0.3 is 0 Å². The van der Waals surface area contributed by atoms with Crippen LogP contribution in [0.4, 0.5) is 4.39 Å². The zero-order valence-electron chi connectivity index (χ0n) is 16.2. The van der Waals surface area contributed by atoms with Gasteiger partial charge in [-0.05, 0) is 44.6 Å². The van der Waals surface area contributed by atoms with Gasteiger partial charge in [-0.1, -0.05) is 48.0 Å². The van der Waals surface area contributed by atoms with E-state index < -0.39 is 21.7 Å². The normalized spacial score (nSPS) is 13.8. The Labute approximate surface area is 173 Å². The Morgan fingerprint density at radius 1 is 1.39 bits per heavy atom. The summed E-state index contributed by atoms with van der Waals surface area (Å²) in [5, 5.41) is 5.60. The fourth-order valence-corrected chi connectivity index (χ4v) is 3.70. The Morgan fingerprint density at radius 2 is 2.07 bits per heavy atom. The molecule has 2 N–H and O–H groups in total. The maximum absolute atomic E-state index is 14.2. The molecule has 2 atom stereocenters. The Bertz CT molecular complexity index is 831. The van der Waals surface area contributed by atoms with Crippen molar-refractivity contribution in [2.24, 2.45) is 5.14 Å². The summed E-state index contributed by atoms with van der Waals surface area (Å²) in [4.78, 5) is 3.72. The number of hydrogen-bond acceptors (Lipinski definition) is 3. The molecule has 4 nitrogen and oxygen atoms in total. The second kappa shape index (κ2) is 10.1. The lowest BCUT2D eigenvalue weighted by Gasteiger charge is -2.29. The molecule has 0 spiro atoms. The van der Waals surface area contributed by atoms with Crippen LogP contribution in [0.5, 0.6) is 5.75 Å². The number of nitrogens with zero attached hydrogens (tertiary/aromatic N) is 1. The second-order valence-electron chi connectivity index (χ2n) is 7.24. The van der Waals surface area contributed by atoms with Crippen LogP contribution < -0.4 is 9.88 Å². The van der Waals surface area contributed by atoms with Crippen LogP contribution in [0.3, 0.4) is 0 Å². The van der Waals surface area contributed by atoms with E-state index in [9.17, 15) is 8.60 Å². The highest BCUT2D eigenvalue weighted by molar-refractivity contribution is 7.84. The standard InChI is InChI=1S/C21H26ClFN2O2S/c1-4-5-11-16(12-21(2,3)28(24)26)18-17(13-25-20(23)19(18)22)27-14-15-9-7-6-8-10-15/h4,6-10,13,16H,1,5,11-12,14,24H2,2-3H3/t16-,28?/m1/s1. The first-order valence-corrected chi connectivity index (χ1v) is 10.6. The minimum absolute atomic E-state index is 0.0711. The van der Waals surface area contributed by atoms with Crippen LogP contribution in [-0.4, -0.2) is 13.9 Å². The maximum atomic E-state index is 14.2. The molecule has 1 aromatic carbocycles. The highest BCUT2D eigenvalue weighted by Crippen LogP contribution is 2.41. The molecule has 0 aliphatic rings. The van der Waals surface area contributed by atoms with Crippen LogP contribution in [0.15, 0.2) is 49.2 Å². The molecule has 0 bridgehead atoms. The van der Waals surface area contributed by atoms with Crippen molar-refractivity contribution in [2.75, 3.05) is 0 Å². The first-order chi connectivity index (χ1) is 13.3. The number of hydrogen-bond donors (Lipinski definition) is 1. The third kappa shape index (κ3) is 5.87. The van der Waals surface area contributed by atoms with Crippen molar-refractivity contribution in [3.8, 4) is 5.75 Å². The first-order valence-electron chi connectivity index (χ1n) is 9.04. The van der Waals surface area contributed by atoms with Crippen LogP contribution >= 0.6 is 11.6 Å². The number of aromatic nitrogens is 1. The van der Waals surface area contributed by atoms with Crippen molar-refractivity contribution in [3.05, 3.63) is 71.3 Å². The van der Waals surface area contributed by atoms with Gasteiger partial charge in [0.25, 0.3) is 0 Å². The SMILES string of the molecule is C=CCC[C@H](CC(C)(C)S(N)=O)c1c(OCc2ccccc2)cnc(F)c1Cl. The van der Waals surface area contributed by atoms with Gasteiger partial charge in [0.1, 0.15) is 17.4 Å². The number of pyridine rings is 1. The minimum Gasteiger partial charge on any atom is -0.487 e. The number of halogens is 2. The fourth-order valence-electron chi connectivity index (χ4n) is 3.03. The zero-order valence-corrected chi connectivity index (χ0v) is 17.7. The maximum Gasteiger partial charge on any atom is 0.232 e. The quantitative estimate of drug-likeness (QED) is 0.416. The van der Waals surface area contributed by atoms with Gasteiger partial charge in [0.05, 0.1) is 21.9 Å². The summed E-state index contributed by atoms with van der Waals surface area (Å²) < 4.78 is 31.4. The molecule has 1 aromatic heterocycles. The van der Waals surface area contributed by atoms with Crippen molar-refractivity contribution in [1.29, 1.82) is 0 Å². The molecule has 2 aromatic rings. The molecule has 0 fully saturated rings. The Morgan fingerprint density at radius 3 is 2.68 bits per heavy atom. The third-order valence-corrected chi connectivity index (χ3v) is 6.24. The van der Waals surface area contributed by atoms with Gasteiger partial charge in [-0.25, -0.2) is 9.19 Å². The number of nitrogens with two attached hydrogens (primary N) is 1. The van der Waals surface area contributed by atoms with Crippen molar-refractivity contribution in [2.45, 2.75) is 50.4 Å². The van der Waals surface area contributed by atoms with Gasteiger partial charge in [-0.15, -0.1) is 6.58 Å². The number of allylic oxidation sites excluding steroid dienone is 1. The van der Waals surface area contributed by atoms with Crippen LogP contribution in [-0.2, 0) is 17.6 Å². The molecule has 152 valence electrons. The Balaban J connectivity index is 2.40. The summed E-state index contributed by atoms with van der Waals surface area (Å²) in [7, 11) is -1.55. The van der Waals surface area contributed by atoms with E-state index in [2.05, 4.69) is 11.6 Å². The Hall–Kier alpha value is -1.76. The molecule has 1 heterocycles. The number of rotatable bonds is 10. The average Bonchev–Trinajstić information content (AvgIpc) is 2.67. The van der Waals surface area contributed by atoms with E-state index in [1.807, 2.05) is 44.2 Å². The smallest absolute Gasteiger partial charge is 0.232 e. The van der Waals surface area contributed by atoms with Gasteiger partial charge in [0.2, 0.25) is 5.95 Å². The summed E-state index contributed by atoms with van der Waals surface area (Å²) >= 11 is 6.31. The molecule has 0 aliphatic heterocycles. The van der Waals surface area contributed by atoms with Crippen molar-refractivity contribution in [3.63, 3.8) is 0 Å². The average molecular weight is 425 g/mol. The van der Waals surface area contributed by atoms with Gasteiger partial charge in [-0.3, -0.25) is 5.14 Å². The molecule has 28 heavy (non-hydrogen) atoms. The van der Waals surface area contributed by atoms with Gasteiger partial charge in [0, 0.05) is 5.56 Å². The summed E-state index contributed by atoms with van der Waals surface area (Å²) in [6.45, 7) is 7.70. The summed E-state index contributed by atoms with van der Waals surface area (Å²) in [6.07, 6.45) is 4.93. The molecule has 0 aliphatic carbocycles. The summed E-state index contributed by atoms with van der Waals surface area (Å²) in [5.74, 6) is -0.543. The van der Waals surface area contributed by atoms with E-state index >= 15 is 0 Å². The number of ether oxygens (including phenoxy) is 1. The molecule has 0 saturated carbocycles. The summed E-state index contributed by atoms with van der Waals surface area (Å²) in [5.41, 5.74) is 1.51. The molecule has 0 radical (unpaired) electrons. The number of benzene rings is 1. The van der Waals surface area contributed by atoms with E-state index in [1.54, 1.807) is 6.08 Å². The molecule has 0 amide bonds. The highest BCUT2D eigenvalue weighted by Gasteiger charge is 2.32. The minimum atomic E-state index is -1.55. The van der Waals surface area contributed by atoms with Gasteiger partial charge < -0.3 is 4.74 Å². The third-order valence-electron chi connectivity index (χ3n) is 4.63. The van der Waals surface area contributed by atoms with Crippen LogP contribution in [0.2, 0.25) is 5.02 Å². The van der Waals surface area contributed by atoms with E-state index in [0.29, 0.717) is 37.2 Å². The van der Waals surface area contributed by atoms with E-state index in [4.69, 9.17) is 21.5 Å². The van der Waals surface area contributed by atoms with Crippen LogP contribution in [0.25, 0.3) is 0 Å². The van der Waals surface area contributed by atoms with Gasteiger partial charge in [0.15, 0.2) is 0 Å². The molecule has 1 unspecified atom stereocenters. The van der Waals surface area contributed by atoms with E-state index in [1.165, 1.54) is 6.20 Å². The molecule has 2 rings (SSSR count). The predicted molar refractivity (Wildman–Crippen MR) is 113 cm³/mol. The van der Waals surface area contributed by atoms with Crippen molar-refractivity contribution < 1.29 is 13.3 Å². The predicted octanol–water partition coefficient (Wildman–Crippen LogP) is 5.29. The Kier molecular flexibility index (Phi) is 8.16. The molecular formula is C21H26ClFN2O2S. The largest absolute Gasteiger partial charge is 0.487 e. The van der Waals surface area contributed by atoms with E-state index in [0.717, 1.165) is 5.56 Å². The van der Waals surface area contributed by atoms with Crippen LogP contribution in [0, 0.1) is 5.95 Å². The van der Waals surface area contributed by atoms with Crippen molar-refractivity contribution >= 4 is 22.6 Å². The highest BCUT2D eigenvalue weighted by atomic mass is 35.5. The monoisotopic (exact) mass is 424 g/mol. The van der Waals surface area contributed by atoms with Crippen molar-refractivity contribution in [1.82, 2.24) is 4.98 Å². The first kappa shape index (κ1) is 22.5. The summed E-state index contributed by atoms with van der Waals surface area (Å²) in [6, 6.07) is 9.64. The lowest BCUT2D eigenvalue weighted by molar-refractivity contribution is 0.296. The lowest BCUT2D eigenvalue weighted by Crippen LogP contribution is -2.34. The molecule has 7 heteroatoms. The molecular weight excluding hydrogens is 399 g/mol. The molecule has 0 saturated heterocycles. The second-order valence-corrected chi connectivity index (χ2v) is 9.32. The lowest BCUT2D eigenvalue weighted by atomic mass is 9.86. The zero-order chi connectivity index (χ0) is 20.7. The van der Waals surface area contributed by atoms with Crippen LogP contribution in [0.1, 0.15) is 50.2 Å². The van der Waals surface area contributed by atoms with E-state index in [-0.39, 0.29) is 10.9 Å². The van der Waals surface area contributed by atoms with Gasteiger partial charge in [-0.2, -0.15) is 4.39 Å². The fraction of sp³-hybridized carbons (Fsp3) is 0.381.